The summed E-state index contributed by atoms with van der Waals surface area (Å²) in [6.07, 6.45) is 2.52. The first-order valence-corrected chi connectivity index (χ1v) is 6.94. The van der Waals surface area contributed by atoms with Crippen molar-refractivity contribution in [3.8, 4) is 17.2 Å². The fourth-order valence-corrected chi connectivity index (χ4v) is 2.20. The van der Waals surface area contributed by atoms with E-state index in [2.05, 4.69) is 13.8 Å². The van der Waals surface area contributed by atoms with Crippen LogP contribution in [0.2, 0.25) is 0 Å². The number of ether oxygens (including phenoxy) is 3. The second kappa shape index (κ2) is 7.78. The maximum absolute atomic E-state index is 12.4. The Hall–Kier alpha value is -1.71. The van der Waals surface area contributed by atoms with Gasteiger partial charge in [0.15, 0.2) is 17.3 Å². The van der Waals surface area contributed by atoms with Crippen molar-refractivity contribution < 1.29 is 19.0 Å². The van der Waals surface area contributed by atoms with Gasteiger partial charge in [-0.05, 0) is 12.0 Å². The molecule has 4 nitrogen and oxygen atoms in total. The molecule has 4 heteroatoms. The second-order valence-corrected chi connectivity index (χ2v) is 4.72. The van der Waals surface area contributed by atoms with E-state index in [1.165, 1.54) is 0 Å². The van der Waals surface area contributed by atoms with Crippen molar-refractivity contribution in [3.63, 3.8) is 0 Å². The van der Waals surface area contributed by atoms with Gasteiger partial charge in [-0.15, -0.1) is 0 Å². The molecule has 0 fully saturated rings. The summed E-state index contributed by atoms with van der Waals surface area (Å²) < 4.78 is 15.8. The Kier molecular flexibility index (Phi) is 6.36. The molecule has 0 saturated carbocycles. The van der Waals surface area contributed by atoms with Crippen LogP contribution in [0.3, 0.4) is 0 Å². The third-order valence-electron chi connectivity index (χ3n) is 3.63. The van der Waals surface area contributed by atoms with Gasteiger partial charge in [0.05, 0.1) is 26.9 Å². The first-order valence-electron chi connectivity index (χ1n) is 6.94. The Bertz CT molecular complexity index is 450. The number of carbonyl (C=O) groups excluding carboxylic acids is 1. The number of carbonyl (C=O) groups is 1. The van der Waals surface area contributed by atoms with Crippen molar-refractivity contribution in [3.05, 3.63) is 17.7 Å². The van der Waals surface area contributed by atoms with Crippen molar-refractivity contribution in [2.75, 3.05) is 21.3 Å². The van der Waals surface area contributed by atoms with Gasteiger partial charge in [0.25, 0.3) is 0 Å². The van der Waals surface area contributed by atoms with Gasteiger partial charge in [-0.2, -0.15) is 0 Å². The van der Waals surface area contributed by atoms with Crippen LogP contribution >= 0.6 is 0 Å². The standard InChI is InChI=1S/C16H24O4/c1-6-11(7-2)8-13(17)12-9-15(19-4)16(20-5)10-14(12)18-3/h9-11H,6-8H2,1-5H3. The SMILES string of the molecule is CCC(CC)CC(=O)c1cc(OC)c(OC)cc1OC. The minimum absolute atomic E-state index is 0.0801. The Labute approximate surface area is 121 Å². The monoisotopic (exact) mass is 280 g/mol. The molecule has 0 amide bonds. The molecule has 0 N–H and O–H groups in total. The Morgan fingerprint density at radius 2 is 1.45 bits per heavy atom. The summed E-state index contributed by atoms with van der Waals surface area (Å²) in [5, 5.41) is 0. The minimum atomic E-state index is 0.0801. The Morgan fingerprint density at radius 1 is 0.950 bits per heavy atom. The normalized spacial score (nSPS) is 10.5. The summed E-state index contributed by atoms with van der Waals surface area (Å²) in [5.41, 5.74) is 0.553. The molecule has 0 spiro atoms. The van der Waals surface area contributed by atoms with Crippen molar-refractivity contribution in [2.45, 2.75) is 33.1 Å². The quantitative estimate of drug-likeness (QED) is 0.681. The summed E-state index contributed by atoms with van der Waals surface area (Å²) >= 11 is 0. The van der Waals surface area contributed by atoms with Crippen molar-refractivity contribution in [1.82, 2.24) is 0 Å². The highest BCUT2D eigenvalue weighted by molar-refractivity contribution is 5.99. The van der Waals surface area contributed by atoms with E-state index < -0.39 is 0 Å². The van der Waals surface area contributed by atoms with Crippen molar-refractivity contribution in [1.29, 1.82) is 0 Å². The van der Waals surface area contributed by atoms with Crippen LogP contribution < -0.4 is 14.2 Å². The minimum Gasteiger partial charge on any atom is -0.496 e. The van der Waals surface area contributed by atoms with Crippen LogP contribution in [0.5, 0.6) is 17.2 Å². The van der Waals surface area contributed by atoms with E-state index in [-0.39, 0.29) is 5.78 Å². The van der Waals surface area contributed by atoms with E-state index in [1.807, 2.05) is 0 Å². The number of rotatable bonds is 8. The molecule has 0 radical (unpaired) electrons. The highest BCUT2D eigenvalue weighted by atomic mass is 16.5. The lowest BCUT2D eigenvalue weighted by Crippen LogP contribution is -2.09. The van der Waals surface area contributed by atoms with E-state index in [0.717, 1.165) is 12.8 Å². The second-order valence-electron chi connectivity index (χ2n) is 4.72. The summed E-state index contributed by atoms with van der Waals surface area (Å²) in [6, 6.07) is 3.39. The number of hydrogen-bond donors (Lipinski definition) is 0. The summed E-state index contributed by atoms with van der Waals surface area (Å²) in [6.45, 7) is 4.21. The van der Waals surface area contributed by atoms with Crippen LogP contribution in [-0.4, -0.2) is 27.1 Å². The van der Waals surface area contributed by atoms with E-state index in [0.29, 0.717) is 35.2 Å². The topological polar surface area (TPSA) is 44.8 Å². The number of methoxy groups -OCH3 is 3. The molecule has 0 atom stereocenters. The van der Waals surface area contributed by atoms with Crippen molar-refractivity contribution >= 4 is 5.78 Å². The Balaban J connectivity index is 3.12. The fraction of sp³-hybridized carbons (Fsp3) is 0.562. The molecular weight excluding hydrogens is 256 g/mol. The summed E-state index contributed by atoms with van der Waals surface area (Å²) in [5.74, 6) is 2.11. The van der Waals surface area contributed by atoms with Crippen LogP contribution in [-0.2, 0) is 0 Å². The predicted molar refractivity (Wildman–Crippen MR) is 79.1 cm³/mol. The van der Waals surface area contributed by atoms with Gasteiger partial charge < -0.3 is 14.2 Å². The van der Waals surface area contributed by atoms with E-state index in [1.54, 1.807) is 33.5 Å². The van der Waals surface area contributed by atoms with Crippen LogP contribution in [0.15, 0.2) is 12.1 Å². The van der Waals surface area contributed by atoms with E-state index >= 15 is 0 Å². The molecule has 0 bridgehead atoms. The lowest BCUT2D eigenvalue weighted by atomic mass is 9.93. The molecule has 0 aromatic heterocycles. The molecule has 1 aromatic carbocycles. The zero-order chi connectivity index (χ0) is 15.1. The first kappa shape index (κ1) is 16.3. The molecule has 0 aliphatic heterocycles. The summed E-state index contributed by atoms with van der Waals surface area (Å²) in [7, 11) is 4.66. The lowest BCUT2D eigenvalue weighted by Gasteiger charge is -2.15. The van der Waals surface area contributed by atoms with Gasteiger partial charge in [-0.1, -0.05) is 26.7 Å². The number of ketones is 1. The molecule has 0 aliphatic rings. The maximum Gasteiger partial charge on any atom is 0.167 e. The smallest absolute Gasteiger partial charge is 0.167 e. The zero-order valence-corrected chi connectivity index (χ0v) is 13.0. The van der Waals surface area contributed by atoms with Crippen LogP contribution in [0.1, 0.15) is 43.5 Å². The zero-order valence-electron chi connectivity index (χ0n) is 13.0. The molecular formula is C16H24O4. The molecule has 112 valence electrons. The third kappa shape index (κ3) is 3.65. The van der Waals surface area contributed by atoms with Gasteiger partial charge in [-0.25, -0.2) is 0 Å². The molecule has 1 aromatic rings. The van der Waals surface area contributed by atoms with Crippen LogP contribution in [0.25, 0.3) is 0 Å². The average Bonchev–Trinajstić information content (AvgIpc) is 2.50. The van der Waals surface area contributed by atoms with E-state index in [4.69, 9.17) is 14.2 Å². The molecule has 0 aliphatic carbocycles. The highest BCUT2D eigenvalue weighted by Crippen LogP contribution is 2.35. The van der Waals surface area contributed by atoms with Crippen LogP contribution in [0.4, 0.5) is 0 Å². The van der Waals surface area contributed by atoms with E-state index in [9.17, 15) is 4.79 Å². The molecule has 0 saturated heterocycles. The van der Waals surface area contributed by atoms with Gasteiger partial charge in [0.2, 0.25) is 0 Å². The maximum atomic E-state index is 12.4. The number of Topliss-reactive ketones (excluding diaryl/α,β-unsaturated/α-hetero) is 1. The van der Waals surface area contributed by atoms with Gasteiger partial charge in [-0.3, -0.25) is 4.79 Å². The third-order valence-corrected chi connectivity index (χ3v) is 3.63. The van der Waals surface area contributed by atoms with Crippen LogP contribution in [0, 0.1) is 5.92 Å². The largest absolute Gasteiger partial charge is 0.496 e. The summed E-state index contributed by atoms with van der Waals surface area (Å²) in [4.78, 5) is 12.4. The molecule has 0 unspecified atom stereocenters. The van der Waals surface area contributed by atoms with Gasteiger partial charge in [0.1, 0.15) is 5.75 Å². The highest BCUT2D eigenvalue weighted by Gasteiger charge is 2.19. The van der Waals surface area contributed by atoms with Crippen molar-refractivity contribution in [2.24, 2.45) is 5.92 Å². The number of benzene rings is 1. The lowest BCUT2D eigenvalue weighted by molar-refractivity contribution is 0.0955. The molecule has 1 rings (SSSR count). The Morgan fingerprint density at radius 3 is 1.90 bits per heavy atom. The molecule has 0 heterocycles. The first-order chi connectivity index (χ1) is 9.60. The average molecular weight is 280 g/mol. The fourth-order valence-electron chi connectivity index (χ4n) is 2.20. The van der Waals surface area contributed by atoms with Gasteiger partial charge in [0, 0.05) is 12.5 Å². The van der Waals surface area contributed by atoms with Gasteiger partial charge >= 0.3 is 0 Å². The predicted octanol–water partition coefficient (Wildman–Crippen LogP) is 3.72. The molecule has 20 heavy (non-hydrogen) atoms. The number of hydrogen-bond acceptors (Lipinski definition) is 4.